The molecule has 2 aromatic rings. The van der Waals surface area contributed by atoms with Crippen molar-refractivity contribution in [2.45, 2.75) is 27.3 Å². The molecule has 0 atom stereocenters. The van der Waals surface area contributed by atoms with Crippen molar-refractivity contribution >= 4 is 11.4 Å². The molecule has 2 rings (SSSR count). The molecule has 0 spiro atoms. The van der Waals surface area contributed by atoms with Gasteiger partial charge < -0.3 is 10.2 Å². The van der Waals surface area contributed by atoms with Crippen LogP contribution in [0.1, 0.15) is 25.0 Å². The minimum absolute atomic E-state index is 0.849. The van der Waals surface area contributed by atoms with Gasteiger partial charge in [0.15, 0.2) is 0 Å². The van der Waals surface area contributed by atoms with E-state index in [4.69, 9.17) is 0 Å². The van der Waals surface area contributed by atoms with Crippen molar-refractivity contribution in [2.75, 3.05) is 18.0 Å². The Kier molecular flexibility index (Phi) is 5.13. The van der Waals surface area contributed by atoms with Gasteiger partial charge in [-0.05, 0) is 44.2 Å². The molecule has 0 aliphatic carbocycles. The zero-order valence-corrected chi connectivity index (χ0v) is 12.6. The SMILES string of the molecule is CCNCc1cnccc1N(CC)c1cccc(C)c1. The Labute approximate surface area is 121 Å². The molecule has 0 radical (unpaired) electrons. The van der Waals surface area contributed by atoms with Crippen LogP contribution in [0.2, 0.25) is 0 Å². The fraction of sp³-hybridized carbons (Fsp3) is 0.353. The molecule has 106 valence electrons. The summed E-state index contributed by atoms with van der Waals surface area (Å²) in [5, 5.41) is 3.38. The molecule has 0 saturated heterocycles. The van der Waals surface area contributed by atoms with E-state index in [1.54, 1.807) is 0 Å². The second-order valence-corrected chi connectivity index (χ2v) is 4.87. The fourth-order valence-corrected chi connectivity index (χ4v) is 2.37. The van der Waals surface area contributed by atoms with Gasteiger partial charge >= 0.3 is 0 Å². The van der Waals surface area contributed by atoms with Gasteiger partial charge in [0, 0.05) is 42.4 Å². The minimum Gasteiger partial charge on any atom is -0.341 e. The highest BCUT2D eigenvalue weighted by Crippen LogP contribution is 2.28. The lowest BCUT2D eigenvalue weighted by Crippen LogP contribution is -2.20. The number of rotatable bonds is 6. The summed E-state index contributed by atoms with van der Waals surface area (Å²) in [4.78, 5) is 6.59. The average Bonchev–Trinajstić information content (AvgIpc) is 2.47. The number of benzene rings is 1. The Hall–Kier alpha value is -1.87. The third kappa shape index (κ3) is 3.36. The summed E-state index contributed by atoms with van der Waals surface area (Å²) in [6.07, 6.45) is 3.82. The van der Waals surface area contributed by atoms with Gasteiger partial charge in [-0.1, -0.05) is 19.1 Å². The largest absolute Gasteiger partial charge is 0.341 e. The number of aromatic nitrogens is 1. The van der Waals surface area contributed by atoms with Crippen LogP contribution in [0.5, 0.6) is 0 Å². The Morgan fingerprint density at radius 3 is 2.75 bits per heavy atom. The van der Waals surface area contributed by atoms with E-state index in [0.29, 0.717) is 0 Å². The summed E-state index contributed by atoms with van der Waals surface area (Å²) in [6, 6.07) is 10.7. The quantitative estimate of drug-likeness (QED) is 0.867. The third-order valence-corrected chi connectivity index (χ3v) is 3.36. The first-order chi connectivity index (χ1) is 9.76. The van der Waals surface area contributed by atoms with Crippen LogP contribution in [0, 0.1) is 6.92 Å². The van der Waals surface area contributed by atoms with E-state index in [1.807, 2.05) is 12.4 Å². The predicted molar refractivity (Wildman–Crippen MR) is 85.5 cm³/mol. The Morgan fingerprint density at radius 1 is 1.20 bits per heavy atom. The van der Waals surface area contributed by atoms with Gasteiger partial charge in [0.2, 0.25) is 0 Å². The Bertz CT molecular complexity index is 551. The number of aryl methyl sites for hydroxylation is 1. The summed E-state index contributed by atoms with van der Waals surface area (Å²) < 4.78 is 0. The van der Waals surface area contributed by atoms with Crippen molar-refractivity contribution in [1.29, 1.82) is 0 Å². The fourth-order valence-electron chi connectivity index (χ4n) is 2.37. The van der Waals surface area contributed by atoms with Crippen molar-refractivity contribution in [3.8, 4) is 0 Å². The summed E-state index contributed by atoms with van der Waals surface area (Å²) in [5.74, 6) is 0. The van der Waals surface area contributed by atoms with Crippen molar-refractivity contribution in [2.24, 2.45) is 0 Å². The lowest BCUT2D eigenvalue weighted by Gasteiger charge is -2.26. The maximum atomic E-state index is 4.26. The first-order valence-corrected chi connectivity index (χ1v) is 7.24. The summed E-state index contributed by atoms with van der Waals surface area (Å²) in [5.41, 5.74) is 4.98. The zero-order valence-electron chi connectivity index (χ0n) is 12.6. The molecule has 20 heavy (non-hydrogen) atoms. The molecule has 3 heteroatoms. The van der Waals surface area contributed by atoms with Crippen molar-refractivity contribution < 1.29 is 0 Å². The number of nitrogens with zero attached hydrogens (tertiary/aromatic N) is 2. The maximum absolute atomic E-state index is 4.26. The van der Waals surface area contributed by atoms with Crippen LogP contribution < -0.4 is 10.2 Å². The molecule has 0 amide bonds. The van der Waals surface area contributed by atoms with Crippen LogP contribution in [0.4, 0.5) is 11.4 Å². The second-order valence-electron chi connectivity index (χ2n) is 4.87. The lowest BCUT2D eigenvalue weighted by molar-refractivity contribution is 0.723. The highest BCUT2D eigenvalue weighted by Gasteiger charge is 2.11. The van der Waals surface area contributed by atoms with E-state index in [1.165, 1.54) is 22.5 Å². The summed E-state index contributed by atoms with van der Waals surface area (Å²) in [6.45, 7) is 9.18. The molecule has 1 aromatic carbocycles. The first kappa shape index (κ1) is 14.5. The van der Waals surface area contributed by atoms with Crippen LogP contribution >= 0.6 is 0 Å². The van der Waals surface area contributed by atoms with Gasteiger partial charge in [-0.2, -0.15) is 0 Å². The molecular weight excluding hydrogens is 246 g/mol. The predicted octanol–water partition coefficient (Wildman–Crippen LogP) is 3.66. The lowest BCUT2D eigenvalue weighted by atomic mass is 10.1. The van der Waals surface area contributed by atoms with E-state index >= 15 is 0 Å². The van der Waals surface area contributed by atoms with Gasteiger partial charge in [0.05, 0.1) is 0 Å². The molecule has 0 fully saturated rings. The van der Waals surface area contributed by atoms with E-state index < -0.39 is 0 Å². The number of pyridine rings is 1. The molecule has 0 bridgehead atoms. The third-order valence-electron chi connectivity index (χ3n) is 3.36. The molecule has 1 heterocycles. The molecule has 0 aliphatic rings. The average molecular weight is 269 g/mol. The van der Waals surface area contributed by atoms with E-state index in [2.05, 4.69) is 66.3 Å². The van der Waals surface area contributed by atoms with Crippen LogP contribution in [0.3, 0.4) is 0 Å². The standard InChI is InChI=1S/C17H23N3/c1-4-18-12-15-13-19-10-9-17(15)20(5-2)16-8-6-7-14(3)11-16/h6-11,13,18H,4-5,12H2,1-3H3. The van der Waals surface area contributed by atoms with Crippen LogP contribution in [-0.2, 0) is 6.54 Å². The smallest absolute Gasteiger partial charge is 0.0487 e. The summed E-state index contributed by atoms with van der Waals surface area (Å²) in [7, 11) is 0. The van der Waals surface area contributed by atoms with Crippen molar-refractivity contribution in [1.82, 2.24) is 10.3 Å². The molecule has 0 saturated carbocycles. The van der Waals surface area contributed by atoms with Gasteiger partial charge in [0.1, 0.15) is 0 Å². The van der Waals surface area contributed by atoms with E-state index in [-0.39, 0.29) is 0 Å². The van der Waals surface area contributed by atoms with E-state index in [0.717, 1.165) is 19.6 Å². The van der Waals surface area contributed by atoms with Crippen LogP contribution in [-0.4, -0.2) is 18.1 Å². The van der Waals surface area contributed by atoms with E-state index in [9.17, 15) is 0 Å². The van der Waals surface area contributed by atoms with Crippen molar-refractivity contribution in [3.05, 3.63) is 53.9 Å². The molecule has 0 aliphatic heterocycles. The summed E-state index contributed by atoms with van der Waals surface area (Å²) >= 11 is 0. The van der Waals surface area contributed by atoms with Crippen molar-refractivity contribution in [3.63, 3.8) is 0 Å². The molecule has 3 nitrogen and oxygen atoms in total. The first-order valence-electron chi connectivity index (χ1n) is 7.24. The Balaban J connectivity index is 2.36. The van der Waals surface area contributed by atoms with Crippen LogP contribution in [0.15, 0.2) is 42.7 Å². The molecule has 0 unspecified atom stereocenters. The van der Waals surface area contributed by atoms with Gasteiger partial charge in [-0.25, -0.2) is 0 Å². The Morgan fingerprint density at radius 2 is 2.05 bits per heavy atom. The highest BCUT2D eigenvalue weighted by atomic mass is 15.1. The zero-order chi connectivity index (χ0) is 14.4. The number of anilines is 2. The highest BCUT2D eigenvalue weighted by molar-refractivity contribution is 5.66. The molecular formula is C17H23N3. The van der Waals surface area contributed by atoms with Gasteiger partial charge in [-0.3, -0.25) is 4.98 Å². The van der Waals surface area contributed by atoms with Crippen LogP contribution in [0.25, 0.3) is 0 Å². The monoisotopic (exact) mass is 269 g/mol. The topological polar surface area (TPSA) is 28.2 Å². The maximum Gasteiger partial charge on any atom is 0.0487 e. The second kappa shape index (κ2) is 7.06. The molecule has 1 N–H and O–H groups in total. The molecule has 1 aromatic heterocycles. The minimum atomic E-state index is 0.849. The van der Waals surface area contributed by atoms with Gasteiger partial charge in [-0.15, -0.1) is 0 Å². The normalized spacial score (nSPS) is 10.6. The number of nitrogens with one attached hydrogen (secondary N) is 1. The number of hydrogen-bond donors (Lipinski definition) is 1. The number of hydrogen-bond acceptors (Lipinski definition) is 3. The van der Waals surface area contributed by atoms with Gasteiger partial charge in [0.25, 0.3) is 0 Å².